The summed E-state index contributed by atoms with van der Waals surface area (Å²) in [7, 11) is -0.994. The number of likely N-dealkylation sites (N-methyl/N-ethyl adjacent to an activating group) is 1. The molecule has 1 aliphatic rings. The van der Waals surface area contributed by atoms with Crippen LogP contribution in [-0.4, -0.2) is 69.2 Å². The minimum absolute atomic E-state index is 0.268. The molecule has 0 bridgehead atoms. The van der Waals surface area contributed by atoms with Gasteiger partial charge in [-0.25, -0.2) is 8.42 Å². The second-order valence-corrected chi connectivity index (χ2v) is 7.41. The van der Waals surface area contributed by atoms with Crippen LogP contribution in [0.4, 0.5) is 0 Å². The van der Waals surface area contributed by atoms with Crippen molar-refractivity contribution in [2.75, 3.05) is 45.5 Å². The van der Waals surface area contributed by atoms with Crippen molar-refractivity contribution < 1.29 is 8.42 Å². The Morgan fingerprint density at radius 1 is 1.21 bits per heavy atom. The molecule has 1 N–H and O–H groups in total. The quantitative estimate of drug-likeness (QED) is 0.670. The maximum Gasteiger partial charge on any atom is 0.214 e. The van der Waals surface area contributed by atoms with E-state index in [4.69, 9.17) is 0 Å². The summed E-state index contributed by atoms with van der Waals surface area (Å²) in [6.45, 7) is 8.11. The fraction of sp³-hybridized carbons (Fsp3) is 1.00. The molecule has 0 amide bonds. The molecule has 6 heteroatoms. The van der Waals surface area contributed by atoms with Crippen molar-refractivity contribution in [3.63, 3.8) is 0 Å². The van der Waals surface area contributed by atoms with Crippen molar-refractivity contribution >= 4 is 10.0 Å². The second kappa shape index (κ2) is 8.19. The Bertz CT molecular complexity index is 346. The van der Waals surface area contributed by atoms with Gasteiger partial charge in [-0.2, -0.15) is 4.31 Å². The van der Waals surface area contributed by atoms with Crippen LogP contribution in [0.3, 0.4) is 0 Å². The van der Waals surface area contributed by atoms with Crippen molar-refractivity contribution in [1.29, 1.82) is 0 Å². The first-order valence-electron chi connectivity index (χ1n) is 7.40. The molecule has 1 rings (SSSR count). The van der Waals surface area contributed by atoms with Crippen LogP contribution >= 0.6 is 0 Å². The molecule has 0 aromatic carbocycles. The van der Waals surface area contributed by atoms with E-state index in [2.05, 4.69) is 31.1 Å². The first kappa shape index (κ1) is 16.9. The number of nitrogens with zero attached hydrogens (tertiary/aromatic N) is 2. The molecule has 0 radical (unpaired) electrons. The Hall–Kier alpha value is -0.170. The smallest absolute Gasteiger partial charge is 0.214 e. The average Bonchev–Trinajstić information content (AvgIpc) is 2.38. The van der Waals surface area contributed by atoms with Gasteiger partial charge in [-0.1, -0.05) is 13.8 Å². The minimum Gasteiger partial charge on any atom is -0.317 e. The average molecular weight is 291 g/mol. The van der Waals surface area contributed by atoms with E-state index in [0.29, 0.717) is 25.6 Å². The molecule has 1 heterocycles. The Morgan fingerprint density at radius 3 is 2.58 bits per heavy atom. The third kappa shape index (κ3) is 5.38. The zero-order valence-corrected chi connectivity index (χ0v) is 13.4. The molecule has 0 spiro atoms. The number of rotatable bonds is 8. The minimum atomic E-state index is -3.07. The van der Waals surface area contributed by atoms with E-state index in [1.807, 2.05) is 0 Å². The normalized spacial score (nSPS) is 22.8. The summed E-state index contributed by atoms with van der Waals surface area (Å²) >= 11 is 0. The second-order valence-electron chi connectivity index (χ2n) is 5.32. The number of hydrogen-bond acceptors (Lipinski definition) is 4. The van der Waals surface area contributed by atoms with E-state index in [-0.39, 0.29) is 5.75 Å². The zero-order chi connectivity index (χ0) is 14.3. The third-order valence-corrected chi connectivity index (χ3v) is 5.71. The highest BCUT2D eigenvalue weighted by Gasteiger charge is 2.30. The zero-order valence-electron chi connectivity index (χ0n) is 12.6. The van der Waals surface area contributed by atoms with Gasteiger partial charge in [0.15, 0.2) is 0 Å². The monoisotopic (exact) mass is 291 g/mol. The number of sulfonamides is 1. The first-order valence-corrected chi connectivity index (χ1v) is 9.01. The highest BCUT2D eigenvalue weighted by molar-refractivity contribution is 7.89. The largest absolute Gasteiger partial charge is 0.317 e. The lowest BCUT2D eigenvalue weighted by atomic mass is 10.1. The molecule has 1 unspecified atom stereocenters. The third-order valence-electron chi connectivity index (χ3n) is 3.79. The van der Waals surface area contributed by atoms with Gasteiger partial charge in [0.05, 0.1) is 5.75 Å². The molecule has 0 aromatic heterocycles. The first-order chi connectivity index (χ1) is 9.01. The maximum atomic E-state index is 12.3. The van der Waals surface area contributed by atoms with Crippen LogP contribution in [-0.2, 0) is 10.0 Å². The van der Waals surface area contributed by atoms with E-state index in [1.165, 1.54) is 0 Å². The van der Waals surface area contributed by atoms with Crippen molar-refractivity contribution in [3.05, 3.63) is 0 Å². The molecule has 1 fully saturated rings. The van der Waals surface area contributed by atoms with Gasteiger partial charge in [0.2, 0.25) is 10.0 Å². The summed E-state index contributed by atoms with van der Waals surface area (Å²) in [6.07, 6.45) is 2.79. The topological polar surface area (TPSA) is 52.7 Å². The predicted molar refractivity (Wildman–Crippen MR) is 79.8 cm³/mol. The summed E-state index contributed by atoms with van der Waals surface area (Å²) in [5, 5.41) is 3.25. The van der Waals surface area contributed by atoms with Gasteiger partial charge >= 0.3 is 0 Å². The van der Waals surface area contributed by atoms with Gasteiger partial charge in [-0.15, -0.1) is 0 Å². The van der Waals surface area contributed by atoms with E-state index in [1.54, 1.807) is 4.31 Å². The van der Waals surface area contributed by atoms with Crippen LogP contribution in [0.25, 0.3) is 0 Å². The molecule has 19 heavy (non-hydrogen) atoms. The number of hydrogen-bond donors (Lipinski definition) is 1. The lowest BCUT2D eigenvalue weighted by molar-refractivity contribution is 0.144. The van der Waals surface area contributed by atoms with Crippen molar-refractivity contribution in [2.24, 2.45) is 0 Å². The summed E-state index contributed by atoms with van der Waals surface area (Å²) in [4.78, 5) is 2.26. The maximum absolute atomic E-state index is 12.3. The van der Waals surface area contributed by atoms with Crippen LogP contribution in [0.2, 0.25) is 0 Å². The van der Waals surface area contributed by atoms with Gasteiger partial charge in [-0.05, 0) is 39.4 Å². The van der Waals surface area contributed by atoms with Crippen molar-refractivity contribution in [1.82, 2.24) is 14.5 Å². The van der Waals surface area contributed by atoms with Crippen LogP contribution < -0.4 is 5.32 Å². The van der Waals surface area contributed by atoms with Gasteiger partial charge in [0.25, 0.3) is 0 Å². The van der Waals surface area contributed by atoms with Crippen LogP contribution in [0.5, 0.6) is 0 Å². The van der Waals surface area contributed by atoms with Crippen molar-refractivity contribution in [3.8, 4) is 0 Å². The Kier molecular flexibility index (Phi) is 7.28. The summed E-state index contributed by atoms with van der Waals surface area (Å²) in [6, 6.07) is 0.363. The molecule has 0 aliphatic carbocycles. The molecule has 1 saturated heterocycles. The lowest BCUT2D eigenvalue weighted by Gasteiger charge is -2.38. The molecule has 1 atom stereocenters. The number of nitrogens with one attached hydrogen (secondary N) is 1. The Labute approximate surface area is 118 Å². The van der Waals surface area contributed by atoms with E-state index in [9.17, 15) is 8.42 Å². The van der Waals surface area contributed by atoms with Gasteiger partial charge < -0.3 is 10.2 Å². The van der Waals surface area contributed by atoms with Gasteiger partial charge in [0.1, 0.15) is 0 Å². The molecule has 0 aromatic rings. The highest BCUT2D eigenvalue weighted by Crippen LogP contribution is 2.14. The van der Waals surface area contributed by atoms with Crippen LogP contribution in [0, 0.1) is 0 Å². The van der Waals surface area contributed by atoms with E-state index < -0.39 is 10.0 Å². The fourth-order valence-electron chi connectivity index (χ4n) is 2.42. The van der Waals surface area contributed by atoms with Crippen LogP contribution in [0.15, 0.2) is 0 Å². The Morgan fingerprint density at radius 2 is 1.95 bits per heavy atom. The molecule has 114 valence electrons. The predicted octanol–water partition coefficient (Wildman–Crippen LogP) is 0.732. The number of piperazine rings is 1. The standard InChI is InChI=1S/C13H29N3O2S/c1-4-7-14-8-6-11-19(17,18)16-10-9-15(3)13(5-2)12-16/h13-14H,4-12H2,1-3H3. The van der Waals surface area contributed by atoms with Gasteiger partial charge in [0, 0.05) is 25.7 Å². The Balaban J connectivity index is 2.40. The molecule has 1 aliphatic heterocycles. The fourth-order valence-corrected chi connectivity index (χ4v) is 3.95. The molecular weight excluding hydrogens is 262 g/mol. The summed E-state index contributed by atoms with van der Waals surface area (Å²) < 4.78 is 26.2. The summed E-state index contributed by atoms with van der Waals surface area (Å²) in [5.41, 5.74) is 0. The highest BCUT2D eigenvalue weighted by atomic mass is 32.2. The summed E-state index contributed by atoms with van der Waals surface area (Å²) in [5.74, 6) is 0.268. The van der Waals surface area contributed by atoms with E-state index >= 15 is 0 Å². The SMILES string of the molecule is CCCNCCCS(=O)(=O)N1CCN(C)C(CC)C1. The lowest BCUT2D eigenvalue weighted by Crippen LogP contribution is -2.53. The molecule has 5 nitrogen and oxygen atoms in total. The van der Waals surface area contributed by atoms with Crippen molar-refractivity contribution in [2.45, 2.75) is 39.2 Å². The molecular formula is C13H29N3O2S. The molecule has 0 saturated carbocycles. The van der Waals surface area contributed by atoms with E-state index in [0.717, 1.165) is 32.5 Å². The van der Waals surface area contributed by atoms with Crippen LogP contribution in [0.1, 0.15) is 33.1 Å². The van der Waals surface area contributed by atoms with Gasteiger partial charge in [-0.3, -0.25) is 0 Å².